The first kappa shape index (κ1) is 18.6. The molecule has 0 aliphatic heterocycles. The van der Waals surface area contributed by atoms with Crippen LogP contribution in [0.5, 0.6) is 0 Å². The predicted octanol–water partition coefficient (Wildman–Crippen LogP) is 4.82. The van der Waals surface area contributed by atoms with Crippen molar-refractivity contribution in [1.82, 2.24) is 4.68 Å². The molecular weight excluding hydrogens is 392 g/mol. The molecule has 3 heterocycles. The van der Waals surface area contributed by atoms with Crippen LogP contribution in [0.3, 0.4) is 0 Å². The van der Waals surface area contributed by atoms with Crippen LogP contribution in [0.1, 0.15) is 12.7 Å². The van der Waals surface area contributed by atoms with Gasteiger partial charge in [0.2, 0.25) is 4.80 Å². The number of benzene rings is 1. The van der Waals surface area contributed by atoms with Gasteiger partial charge in [0.05, 0.1) is 18.8 Å². The van der Waals surface area contributed by atoms with Crippen LogP contribution < -0.4 is 4.80 Å². The van der Waals surface area contributed by atoms with Crippen LogP contribution in [-0.2, 0) is 0 Å². The van der Waals surface area contributed by atoms with E-state index in [1.165, 1.54) is 29.7 Å². The van der Waals surface area contributed by atoms with E-state index < -0.39 is 4.92 Å². The van der Waals surface area contributed by atoms with Gasteiger partial charge >= 0.3 is 5.88 Å². The van der Waals surface area contributed by atoms with Crippen molar-refractivity contribution in [3.05, 3.63) is 80.7 Å². The van der Waals surface area contributed by atoms with Gasteiger partial charge in [-0.2, -0.15) is 5.10 Å². The van der Waals surface area contributed by atoms with Crippen LogP contribution in [0, 0.1) is 10.1 Å². The summed E-state index contributed by atoms with van der Waals surface area (Å²) in [6.45, 7) is 6.23. The van der Waals surface area contributed by atoms with Crippen molar-refractivity contribution in [3.8, 4) is 11.5 Å². The number of nitro groups is 1. The maximum Gasteiger partial charge on any atom is 0.433 e. The number of rotatable bonds is 6. The van der Waals surface area contributed by atoms with Gasteiger partial charge in [0.25, 0.3) is 0 Å². The fourth-order valence-electron chi connectivity index (χ4n) is 2.62. The number of fused-ring (bicyclic) bond motifs is 1. The van der Waals surface area contributed by atoms with Crippen LogP contribution in [0.4, 0.5) is 5.88 Å². The Balaban J connectivity index is 1.79. The highest BCUT2D eigenvalue weighted by Gasteiger charge is 2.14. The zero-order valence-corrected chi connectivity index (χ0v) is 16.3. The van der Waals surface area contributed by atoms with Gasteiger partial charge in [-0.3, -0.25) is 15.1 Å². The summed E-state index contributed by atoms with van der Waals surface area (Å²) >= 11 is 1.41. The van der Waals surface area contributed by atoms with E-state index in [1.807, 2.05) is 42.6 Å². The number of nitrogens with zero attached hydrogens (tertiary/aromatic N) is 4. The molecule has 0 saturated carbocycles. The highest BCUT2D eigenvalue weighted by molar-refractivity contribution is 7.07. The lowest BCUT2D eigenvalue weighted by Crippen LogP contribution is -2.12. The average Bonchev–Trinajstić information content (AvgIpc) is 3.41. The first-order valence-electron chi connectivity index (χ1n) is 8.64. The Morgan fingerprint density at radius 2 is 2.14 bits per heavy atom. The van der Waals surface area contributed by atoms with E-state index in [-0.39, 0.29) is 11.6 Å². The molecule has 0 spiro atoms. The lowest BCUT2D eigenvalue weighted by Gasteiger charge is -2.00. The summed E-state index contributed by atoms with van der Waals surface area (Å²) in [4.78, 5) is 15.4. The minimum Gasteiger partial charge on any atom is -0.454 e. The van der Waals surface area contributed by atoms with E-state index in [0.29, 0.717) is 22.8 Å². The summed E-state index contributed by atoms with van der Waals surface area (Å²) in [6, 6.07) is 12.4. The van der Waals surface area contributed by atoms with Gasteiger partial charge in [-0.05, 0) is 25.1 Å². The molecule has 0 bridgehead atoms. The topological polar surface area (TPSA) is 99.1 Å². The molecule has 0 unspecified atom stereocenters. The van der Waals surface area contributed by atoms with Crippen LogP contribution in [0.15, 0.2) is 78.9 Å². The Kier molecular flexibility index (Phi) is 4.96. The van der Waals surface area contributed by atoms with Crippen LogP contribution >= 0.6 is 11.3 Å². The minimum absolute atomic E-state index is 0.261. The van der Waals surface area contributed by atoms with E-state index in [4.69, 9.17) is 8.83 Å². The Bertz CT molecular complexity index is 1270. The zero-order valence-electron chi connectivity index (χ0n) is 15.4. The maximum absolute atomic E-state index is 10.8. The molecule has 3 aromatic heterocycles. The number of aromatic nitrogens is 1. The minimum atomic E-state index is -0.595. The van der Waals surface area contributed by atoms with Gasteiger partial charge in [0.15, 0.2) is 11.5 Å². The quantitative estimate of drug-likeness (QED) is 0.198. The summed E-state index contributed by atoms with van der Waals surface area (Å²) in [5.74, 6) is 0.560. The third-order valence-electron chi connectivity index (χ3n) is 3.94. The van der Waals surface area contributed by atoms with Crippen LogP contribution in [0.2, 0.25) is 0 Å². The van der Waals surface area contributed by atoms with Gasteiger partial charge in [-0.1, -0.05) is 30.4 Å². The first-order chi connectivity index (χ1) is 14.0. The van der Waals surface area contributed by atoms with Crippen LogP contribution in [0.25, 0.3) is 22.4 Å². The summed E-state index contributed by atoms with van der Waals surface area (Å²) in [7, 11) is 0. The standard InChI is InChI=1S/C20H16N4O4S/c1-13(2)10-21-20-23(22-11-15-7-8-19(27-15)24(25)26)16(12-29-20)18-9-14-5-3-4-6-17(14)28-18/h3-9,11-12H,1,10H2,2H3. The molecule has 0 aliphatic rings. The fraction of sp³-hybridized carbons (Fsp3) is 0.100. The molecule has 0 saturated heterocycles. The van der Waals surface area contributed by atoms with Crippen molar-refractivity contribution in [2.75, 3.05) is 6.54 Å². The normalized spacial score (nSPS) is 12.2. The van der Waals surface area contributed by atoms with Gasteiger partial charge in [-0.15, -0.1) is 11.3 Å². The summed E-state index contributed by atoms with van der Waals surface area (Å²) in [5.41, 5.74) is 2.40. The van der Waals surface area contributed by atoms with Gasteiger partial charge in [-0.25, -0.2) is 4.68 Å². The van der Waals surface area contributed by atoms with Crippen molar-refractivity contribution >= 4 is 34.4 Å². The summed E-state index contributed by atoms with van der Waals surface area (Å²) < 4.78 is 12.7. The SMILES string of the molecule is C=C(C)CN=c1scc(-c2cc3ccccc3o2)n1N=Cc1ccc([N+](=O)[O-])o1. The molecule has 29 heavy (non-hydrogen) atoms. The molecule has 0 radical (unpaired) electrons. The Hall–Kier alpha value is -3.72. The molecule has 146 valence electrons. The monoisotopic (exact) mass is 408 g/mol. The molecule has 0 aliphatic carbocycles. The van der Waals surface area contributed by atoms with E-state index in [1.54, 1.807) is 4.68 Å². The molecule has 0 atom stereocenters. The Labute approximate surface area is 168 Å². The third-order valence-corrected chi connectivity index (χ3v) is 4.79. The lowest BCUT2D eigenvalue weighted by atomic mass is 10.2. The highest BCUT2D eigenvalue weighted by Crippen LogP contribution is 2.28. The Morgan fingerprint density at radius 3 is 2.86 bits per heavy atom. The van der Waals surface area contributed by atoms with E-state index in [9.17, 15) is 10.1 Å². The lowest BCUT2D eigenvalue weighted by molar-refractivity contribution is -0.402. The number of thiazole rings is 1. The van der Waals surface area contributed by atoms with E-state index in [2.05, 4.69) is 16.7 Å². The first-order valence-corrected chi connectivity index (χ1v) is 9.52. The predicted molar refractivity (Wildman–Crippen MR) is 111 cm³/mol. The van der Waals surface area contributed by atoms with Gasteiger partial charge in [0, 0.05) is 10.8 Å². The molecule has 0 N–H and O–H groups in total. The van der Waals surface area contributed by atoms with Crippen LogP contribution in [-0.4, -0.2) is 22.4 Å². The van der Waals surface area contributed by atoms with Crippen molar-refractivity contribution in [2.45, 2.75) is 6.92 Å². The van der Waals surface area contributed by atoms with Gasteiger partial charge in [0.1, 0.15) is 16.2 Å². The third kappa shape index (κ3) is 3.94. The molecule has 4 aromatic rings. The average molecular weight is 408 g/mol. The molecule has 0 fully saturated rings. The smallest absolute Gasteiger partial charge is 0.433 e. The molecule has 9 heteroatoms. The van der Waals surface area contributed by atoms with Crippen molar-refractivity contribution < 1.29 is 13.8 Å². The number of hydrogen-bond acceptors (Lipinski definition) is 7. The number of furan rings is 2. The fourth-order valence-corrected chi connectivity index (χ4v) is 3.44. The number of para-hydroxylation sites is 1. The molecular formula is C20H16N4O4S. The van der Waals surface area contributed by atoms with Gasteiger partial charge < -0.3 is 8.83 Å². The van der Waals surface area contributed by atoms with Crippen molar-refractivity contribution in [1.29, 1.82) is 0 Å². The molecule has 1 aromatic carbocycles. The summed E-state index contributed by atoms with van der Waals surface area (Å²) in [5, 5.41) is 18.1. The second kappa shape index (κ2) is 7.72. The molecule has 4 rings (SSSR count). The highest BCUT2D eigenvalue weighted by atomic mass is 32.1. The van der Waals surface area contributed by atoms with E-state index >= 15 is 0 Å². The maximum atomic E-state index is 10.8. The summed E-state index contributed by atoms with van der Waals surface area (Å²) in [6.07, 6.45) is 1.41. The number of hydrogen-bond donors (Lipinski definition) is 0. The van der Waals surface area contributed by atoms with E-state index in [0.717, 1.165) is 16.5 Å². The van der Waals surface area contributed by atoms with Crippen molar-refractivity contribution in [2.24, 2.45) is 10.1 Å². The molecule has 0 amide bonds. The Morgan fingerprint density at radius 1 is 1.31 bits per heavy atom. The second-order valence-electron chi connectivity index (χ2n) is 6.31. The second-order valence-corrected chi connectivity index (χ2v) is 7.15. The molecule has 8 nitrogen and oxygen atoms in total. The van der Waals surface area contributed by atoms with Crippen molar-refractivity contribution in [3.63, 3.8) is 0 Å². The largest absolute Gasteiger partial charge is 0.454 e. The zero-order chi connectivity index (χ0) is 20.4.